The van der Waals surface area contributed by atoms with E-state index >= 15 is 0 Å². The van der Waals surface area contributed by atoms with Crippen molar-refractivity contribution in [3.05, 3.63) is 24.3 Å². The first-order valence-corrected chi connectivity index (χ1v) is 18.0. The summed E-state index contributed by atoms with van der Waals surface area (Å²) in [6.45, 7) is 3.95. The van der Waals surface area contributed by atoms with E-state index in [4.69, 9.17) is 9.47 Å². The van der Waals surface area contributed by atoms with Crippen LogP contribution in [-0.2, 0) is 23.9 Å². The Kier molecular flexibility index (Phi) is 24.7. The van der Waals surface area contributed by atoms with Gasteiger partial charge in [-0.3, -0.25) is 14.4 Å². The first-order valence-electron chi connectivity index (χ1n) is 18.0. The molecule has 0 bridgehead atoms. The summed E-state index contributed by atoms with van der Waals surface area (Å²) in [5.74, 6) is -1.33. The standard InChI is InChI=1S/C37H64O8/c1-3-5-7-8-9-10-11-12-13-14-19-23-36(42)44-28-31(39)29-45-37(43)24-20-16-15-18-22-32-33(35(41)27-34(32)40)26-25-30(38)21-17-6-4-2/h15,18,25-26,30-33,35,38-39,41H,3-14,16-17,19-24,27-29H2,1-2H3/b18-15-,26-25+/t30-,31-,32+,33+,35+/m0/s1. The van der Waals surface area contributed by atoms with Gasteiger partial charge in [-0.2, -0.15) is 0 Å². The normalized spacial score (nSPS) is 19.8. The third kappa shape index (κ3) is 21.4. The number of hydrogen-bond acceptors (Lipinski definition) is 8. The number of Topliss-reactive ketones (excluding diaryl/α,β-unsaturated/α-hetero) is 1. The molecule has 8 nitrogen and oxygen atoms in total. The minimum absolute atomic E-state index is 0.0316. The Hall–Kier alpha value is -2.03. The van der Waals surface area contributed by atoms with Gasteiger partial charge in [0.2, 0.25) is 0 Å². The molecule has 0 heterocycles. The number of carbonyl (C=O) groups is 3. The maximum atomic E-state index is 12.4. The molecule has 8 heteroatoms. The molecule has 0 saturated heterocycles. The third-order valence-corrected chi connectivity index (χ3v) is 8.56. The van der Waals surface area contributed by atoms with Crippen LogP contribution in [0.3, 0.4) is 0 Å². The Morgan fingerprint density at radius 2 is 1.31 bits per heavy atom. The van der Waals surface area contributed by atoms with Crippen LogP contribution in [0.1, 0.15) is 149 Å². The van der Waals surface area contributed by atoms with E-state index in [0.29, 0.717) is 32.1 Å². The third-order valence-electron chi connectivity index (χ3n) is 8.56. The predicted molar refractivity (Wildman–Crippen MR) is 179 cm³/mol. The van der Waals surface area contributed by atoms with Crippen molar-refractivity contribution < 1.29 is 39.2 Å². The SMILES string of the molecule is CCCCCCCCCCCCCC(=O)OC[C@H](O)COC(=O)CCC/C=C\C[C@H]1C(=O)C[C@@H](O)[C@@H]1/C=C/[C@@H](O)CCCCC. The second kappa shape index (κ2) is 27.1. The van der Waals surface area contributed by atoms with Gasteiger partial charge in [-0.25, -0.2) is 0 Å². The van der Waals surface area contributed by atoms with Gasteiger partial charge in [-0.05, 0) is 32.1 Å². The minimum Gasteiger partial charge on any atom is -0.463 e. The van der Waals surface area contributed by atoms with E-state index in [1.165, 1.54) is 51.4 Å². The molecule has 0 radical (unpaired) electrons. The van der Waals surface area contributed by atoms with Gasteiger partial charge in [0.1, 0.15) is 25.1 Å². The van der Waals surface area contributed by atoms with Gasteiger partial charge in [-0.1, -0.05) is 122 Å². The van der Waals surface area contributed by atoms with E-state index < -0.39 is 24.3 Å². The summed E-state index contributed by atoms with van der Waals surface area (Å²) in [7, 11) is 0. The molecule has 0 aliphatic heterocycles. The van der Waals surface area contributed by atoms with Crippen molar-refractivity contribution in [2.75, 3.05) is 13.2 Å². The van der Waals surface area contributed by atoms with Crippen LogP contribution in [0.2, 0.25) is 0 Å². The van der Waals surface area contributed by atoms with Crippen molar-refractivity contribution in [2.45, 2.75) is 167 Å². The smallest absolute Gasteiger partial charge is 0.305 e. The van der Waals surface area contributed by atoms with Crippen LogP contribution in [0, 0.1) is 11.8 Å². The first kappa shape index (κ1) is 41.0. The molecule has 5 atom stereocenters. The number of ether oxygens (including phenoxy) is 2. The molecule has 0 unspecified atom stereocenters. The number of hydrogen-bond donors (Lipinski definition) is 3. The van der Waals surface area contributed by atoms with Crippen LogP contribution in [0.5, 0.6) is 0 Å². The number of aliphatic hydroxyl groups is 3. The number of carbonyl (C=O) groups excluding carboxylic acids is 3. The largest absolute Gasteiger partial charge is 0.463 e. The fourth-order valence-corrected chi connectivity index (χ4v) is 5.71. The fraction of sp³-hybridized carbons (Fsp3) is 0.811. The highest BCUT2D eigenvalue weighted by Gasteiger charge is 2.39. The van der Waals surface area contributed by atoms with Gasteiger partial charge < -0.3 is 24.8 Å². The lowest BCUT2D eigenvalue weighted by atomic mass is 9.90. The zero-order valence-electron chi connectivity index (χ0n) is 28.3. The molecule has 0 spiro atoms. The summed E-state index contributed by atoms with van der Waals surface area (Å²) in [6, 6.07) is 0. The van der Waals surface area contributed by atoms with E-state index in [9.17, 15) is 29.7 Å². The van der Waals surface area contributed by atoms with E-state index in [0.717, 1.165) is 38.5 Å². The first-order chi connectivity index (χ1) is 21.8. The van der Waals surface area contributed by atoms with Crippen LogP contribution in [-0.4, -0.2) is 64.6 Å². The lowest BCUT2D eigenvalue weighted by Gasteiger charge is -2.16. The van der Waals surface area contributed by atoms with Gasteiger partial charge in [0.15, 0.2) is 0 Å². The molecule has 1 fully saturated rings. The fourth-order valence-electron chi connectivity index (χ4n) is 5.71. The summed E-state index contributed by atoms with van der Waals surface area (Å²) >= 11 is 0. The Morgan fingerprint density at radius 3 is 1.91 bits per heavy atom. The zero-order valence-corrected chi connectivity index (χ0v) is 28.3. The van der Waals surface area contributed by atoms with Gasteiger partial charge in [0.25, 0.3) is 0 Å². The van der Waals surface area contributed by atoms with Crippen molar-refractivity contribution in [2.24, 2.45) is 11.8 Å². The topological polar surface area (TPSA) is 130 Å². The van der Waals surface area contributed by atoms with Crippen molar-refractivity contribution in [1.29, 1.82) is 0 Å². The molecule has 1 aliphatic carbocycles. The highest BCUT2D eigenvalue weighted by atomic mass is 16.6. The molecule has 260 valence electrons. The second-order valence-electron chi connectivity index (χ2n) is 12.8. The number of rotatable bonds is 28. The molecular weight excluding hydrogens is 572 g/mol. The summed E-state index contributed by atoms with van der Waals surface area (Å²) in [5, 5.41) is 30.5. The Labute approximate surface area is 273 Å². The highest BCUT2D eigenvalue weighted by Crippen LogP contribution is 2.33. The number of ketones is 1. The van der Waals surface area contributed by atoms with Crippen LogP contribution in [0.25, 0.3) is 0 Å². The predicted octanol–water partition coefficient (Wildman–Crippen LogP) is 7.31. The maximum absolute atomic E-state index is 12.4. The van der Waals surface area contributed by atoms with E-state index in [-0.39, 0.29) is 49.6 Å². The summed E-state index contributed by atoms with van der Waals surface area (Å²) < 4.78 is 10.2. The Bertz CT molecular complexity index is 838. The molecule has 0 amide bonds. The molecule has 0 aromatic carbocycles. The highest BCUT2D eigenvalue weighted by molar-refractivity contribution is 5.84. The molecule has 3 N–H and O–H groups in total. The van der Waals surface area contributed by atoms with Gasteiger partial charge in [0, 0.05) is 31.1 Å². The van der Waals surface area contributed by atoms with Gasteiger partial charge in [-0.15, -0.1) is 0 Å². The average molecular weight is 637 g/mol. The monoisotopic (exact) mass is 636 g/mol. The number of aliphatic hydroxyl groups excluding tert-OH is 3. The molecule has 0 aromatic heterocycles. The van der Waals surface area contributed by atoms with Crippen LogP contribution < -0.4 is 0 Å². The number of allylic oxidation sites excluding steroid dienone is 2. The molecular formula is C37H64O8. The maximum Gasteiger partial charge on any atom is 0.305 e. The zero-order chi connectivity index (χ0) is 33.1. The Balaban J connectivity index is 2.10. The van der Waals surface area contributed by atoms with E-state index in [1.54, 1.807) is 12.2 Å². The quantitative estimate of drug-likeness (QED) is 0.0463. The number of esters is 2. The van der Waals surface area contributed by atoms with Crippen LogP contribution >= 0.6 is 0 Å². The minimum atomic E-state index is -1.05. The molecule has 0 aromatic rings. The van der Waals surface area contributed by atoms with Crippen molar-refractivity contribution in [1.82, 2.24) is 0 Å². The Morgan fingerprint density at radius 1 is 0.778 bits per heavy atom. The van der Waals surface area contributed by atoms with Crippen molar-refractivity contribution in [3.8, 4) is 0 Å². The van der Waals surface area contributed by atoms with Crippen molar-refractivity contribution in [3.63, 3.8) is 0 Å². The van der Waals surface area contributed by atoms with Crippen molar-refractivity contribution >= 4 is 17.7 Å². The van der Waals surface area contributed by atoms with Crippen LogP contribution in [0.15, 0.2) is 24.3 Å². The molecule has 1 rings (SSSR count). The summed E-state index contributed by atoms with van der Waals surface area (Å²) in [6.07, 6.45) is 24.5. The van der Waals surface area contributed by atoms with Gasteiger partial charge in [0.05, 0.1) is 12.2 Å². The number of unbranched alkanes of at least 4 members (excludes halogenated alkanes) is 13. The molecule has 1 saturated carbocycles. The van der Waals surface area contributed by atoms with Crippen LogP contribution in [0.4, 0.5) is 0 Å². The van der Waals surface area contributed by atoms with E-state index in [2.05, 4.69) is 13.8 Å². The van der Waals surface area contributed by atoms with Gasteiger partial charge >= 0.3 is 11.9 Å². The molecule has 45 heavy (non-hydrogen) atoms. The summed E-state index contributed by atoms with van der Waals surface area (Å²) in [4.78, 5) is 36.3. The second-order valence-corrected chi connectivity index (χ2v) is 12.8. The lowest BCUT2D eigenvalue weighted by molar-refractivity contribution is -0.152. The summed E-state index contributed by atoms with van der Waals surface area (Å²) in [5.41, 5.74) is 0. The lowest BCUT2D eigenvalue weighted by Crippen LogP contribution is -2.25. The average Bonchev–Trinajstić information content (AvgIpc) is 3.29. The van der Waals surface area contributed by atoms with E-state index in [1.807, 2.05) is 12.2 Å². The molecule has 1 aliphatic rings.